The van der Waals surface area contributed by atoms with Gasteiger partial charge in [0.1, 0.15) is 0 Å². The molecule has 0 unspecified atom stereocenters. The quantitative estimate of drug-likeness (QED) is 0.303. The molecule has 22 heavy (non-hydrogen) atoms. The standard InChI is InChI=1S/C14H6BrF6I/c15-12-10(22)6-5-9(11(12)14(19,20)21)7-1-3-8(4-2-7)13(16,17)18/h1-6H. The van der Waals surface area contributed by atoms with Gasteiger partial charge in [-0.2, -0.15) is 26.3 Å². The highest BCUT2D eigenvalue weighted by Crippen LogP contribution is 2.43. The minimum Gasteiger partial charge on any atom is -0.166 e. The Balaban J connectivity index is 2.61. The summed E-state index contributed by atoms with van der Waals surface area (Å²) < 4.78 is 77.5. The van der Waals surface area contributed by atoms with Crippen LogP contribution in [0.1, 0.15) is 11.1 Å². The van der Waals surface area contributed by atoms with Crippen LogP contribution in [0.3, 0.4) is 0 Å². The van der Waals surface area contributed by atoms with Crippen LogP contribution in [0.5, 0.6) is 0 Å². The van der Waals surface area contributed by atoms with Crippen LogP contribution in [0.15, 0.2) is 40.9 Å². The zero-order chi connectivity index (χ0) is 16.7. The second-order valence-electron chi connectivity index (χ2n) is 4.36. The van der Waals surface area contributed by atoms with Crippen LogP contribution in [0, 0.1) is 3.57 Å². The van der Waals surface area contributed by atoms with Crippen molar-refractivity contribution in [1.82, 2.24) is 0 Å². The van der Waals surface area contributed by atoms with Crippen LogP contribution in [-0.4, -0.2) is 0 Å². The van der Waals surface area contributed by atoms with Crippen LogP contribution in [0.4, 0.5) is 26.3 Å². The zero-order valence-electron chi connectivity index (χ0n) is 10.5. The molecule has 0 radical (unpaired) electrons. The first kappa shape index (κ1) is 17.6. The molecule has 0 aromatic heterocycles. The Kier molecular flexibility index (Phi) is 4.82. The second kappa shape index (κ2) is 6.03. The fourth-order valence-corrected chi connectivity index (χ4v) is 2.93. The van der Waals surface area contributed by atoms with Crippen molar-refractivity contribution < 1.29 is 26.3 Å². The molecule has 2 rings (SSSR count). The van der Waals surface area contributed by atoms with E-state index in [-0.39, 0.29) is 15.6 Å². The maximum Gasteiger partial charge on any atom is 0.418 e. The number of halogens is 8. The summed E-state index contributed by atoms with van der Waals surface area (Å²) in [5.41, 5.74) is -1.92. The molecule has 0 atom stereocenters. The average Bonchev–Trinajstić information content (AvgIpc) is 2.39. The van der Waals surface area contributed by atoms with Crippen molar-refractivity contribution in [2.75, 3.05) is 0 Å². The Labute approximate surface area is 143 Å². The van der Waals surface area contributed by atoms with Gasteiger partial charge in [0.2, 0.25) is 0 Å². The van der Waals surface area contributed by atoms with E-state index >= 15 is 0 Å². The van der Waals surface area contributed by atoms with Crippen LogP contribution >= 0.6 is 38.5 Å². The van der Waals surface area contributed by atoms with Crippen molar-refractivity contribution >= 4 is 38.5 Å². The summed E-state index contributed by atoms with van der Waals surface area (Å²) in [6, 6.07) is 6.31. The molecular formula is C14H6BrF6I. The first-order chi connectivity index (χ1) is 10.0. The van der Waals surface area contributed by atoms with E-state index in [0.717, 1.165) is 24.3 Å². The molecule has 2 aromatic rings. The van der Waals surface area contributed by atoms with E-state index in [0.29, 0.717) is 3.57 Å². The maximum absolute atomic E-state index is 13.2. The summed E-state index contributed by atoms with van der Waals surface area (Å²) >= 11 is 4.65. The third kappa shape index (κ3) is 3.58. The molecule has 0 aliphatic heterocycles. The van der Waals surface area contributed by atoms with E-state index in [1.165, 1.54) is 12.1 Å². The third-order valence-electron chi connectivity index (χ3n) is 2.90. The highest BCUT2D eigenvalue weighted by molar-refractivity contribution is 14.1. The summed E-state index contributed by atoms with van der Waals surface area (Å²) in [5, 5.41) is 0. The van der Waals surface area contributed by atoms with Crippen molar-refractivity contribution in [3.63, 3.8) is 0 Å². The lowest BCUT2D eigenvalue weighted by atomic mass is 9.98. The SMILES string of the molecule is FC(F)(F)c1ccc(-c2ccc(I)c(Br)c2C(F)(F)F)cc1. The topological polar surface area (TPSA) is 0 Å². The number of hydrogen-bond donors (Lipinski definition) is 0. The van der Waals surface area contributed by atoms with Gasteiger partial charge >= 0.3 is 12.4 Å². The number of rotatable bonds is 1. The van der Waals surface area contributed by atoms with Gasteiger partial charge in [-0.1, -0.05) is 18.2 Å². The molecule has 0 saturated heterocycles. The molecular weight excluding hydrogens is 489 g/mol. The third-order valence-corrected chi connectivity index (χ3v) is 5.37. The highest BCUT2D eigenvalue weighted by atomic mass is 127. The molecule has 0 N–H and O–H groups in total. The molecule has 0 spiro atoms. The predicted octanol–water partition coefficient (Wildman–Crippen LogP) is 6.76. The van der Waals surface area contributed by atoms with Crippen LogP contribution in [0.2, 0.25) is 0 Å². The van der Waals surface area contributed by atoms with E-state index in [2.05, 4.69) is 15.9 Å². The Hall–Kier alpha value is -0.770. The Morgan fingerprint density at radius 3 is 1.77 bits per heavy atom. The van der Waals surface area contributed by atoms with Gasteiger partial charge in [0, 0.05) is 8.04 Å². The summed E-state index contributed by atoms with van der Waals surface area (Å²) in [4.78, 5) is 0. The van der Waals surface area contributed by atoms with Crippen molar-refractivity contribution in [1.29, 1.82) is 0 Å². The summed E-state index contributed by atoms with van der Waals surface area (Å²) in [6.07, 6.45) is -9.16. The van der Waals surface area contributed by atoms with E-state index in [9.17, 15) is 26.3 Å². The smallest absolute Gasteiger partial charge is 0.166 e. The molecule has 8 heteroatoms. The Morgan fingerprint density at radius 2 is 1.32 bits per heavy atom. The second-order valence-corrected chi connectivity index (χ2v) is 6.31. The monoisotopic (exact) mass is 494 g/mol. The molecule has 2 aromatic carbocycles. The molecule has 0 amide bonds. The minimum absolute atomic E-state index is 0.0671. The highest BCUT2D eigenvalue weighted by Gasteiger charge is 2.37. The molecule has 0 aliphatic carbocycles. The van der Waals surface area contributed by atoms with Gasteiger partial charge in [0.25, 0.3) is 0 Å². The fourth-order valence-electron chi connectivity index (χ4n) is 1.91. The lowest BCUT2D eigenvalue weighted by molar-refractivity contribution is -0.138. The maximum atomic E-state index is 13.2. The molecule has 0 heterocycles. The van der Waals surface area contributed by atoms with Crippen molar-refractivity contribution in [3.8, 4) is 11.1 Å². The van der Waals surface area contributed by atoms with Gasteiger partial charge in [-0.15, -0.1) is 0 Å². The number of alkyl halides is 6. The summed E-state index contributed by atoms with van der Waals surface area (Å²) in [7, 11) is 0. The fraction of sp³-hybridized carbons (Fsp3) is 0.143. The van der Waals surface area contributed by atoms with Gasteiger partial charge < -0.3 is 0 Å². The number of hydrogen-bond acceptors (Lipinski definition) is 0. The van der Waals surface area contributed by atoms with Crippen molar-refractivity contribution in [3.05, 3.63) is 55.6 Å². The average molecular weight is 495 g/mol. The van der Waals surface area contributed by atoms with Crippen LogP contribution in [-0.2, 0) is 12.4 Å². The van der Waals surface area contributed by atoms with Crippen molar-refractivity contribution in [2.45, 2.75) is 12.4 Å². The van der Waals surface area contributed by atoms with E-state index in [4.69, 9.17) is 0 Å². The first-order valence-electron chi connectivity index (χ1n) is 5.74. The predicted molar refractivity (Wildman–Crippen MR) is 82.3 cm³/mol. The van der Waals surface area contributed by atoms with Crippen LogP contribution < -0.4 is 0 Å². The van der Waals surface area contributed by atoms with E-state index in [1.54, 1.807) is 22.6 Å². The molecule has 0 nitrogen and oxygen atoms in total. The van der Waals surface area contributed by atoms with Gasteiger partial charge in [0.05, 0.1) is 11.1 Å². The molecule has 0 bridgehead atoms. The van der Waals surface area contributed by atoms with Gasteiger partial charge in [-0.25, -0.2) is 0 Å². The molecule has 0 fully saturated rings. The lowest BCUT2D eigenvalue weighted by Gasteiger charge is -2.16. The van der Waals surface area contributed by atoms with Gasteiger partial charge in [0.15, 0.2) is 0 Å². The van der Waals surface area contributed by atoms with Gasteiger partial charge in [-0.3, -0.25) is 0 Å². The molecule has 0 saturated carbocycles. The summed E-state index contributed by atoms with van der Waals surface area (Å²) in [5.74, 6) is 0. The van der Waals surface area contributed by atoms with E-state index in [1.807, 2.05) is 0 Å². The molecule has 118 valence electrons. The van der Waals surface area contributed by atoms with Gasteiger partial charge in [-0.05, 0) is 67.8 Å². The largest absolute Gasteiger partial charge is 0.418 e. The normalized spacial score (nSPS) is 12.5. The molecule has 0 aliphatic rings. The first-order valence-corrected chi connectivity index (χ1v) is 7.62. The summed E-state index contributed by atoms with van der Waals surface area (Å²) in [6.45, 7) is 0. The Morgan fingerprint density at radius 1 is 0.773 bits per heavy atom. The Bertz CT molecular complexity index is 688. The number of benzene rings is 2. The lowest BCUT2D eigenvalue weighted by Crippen LogP contribution is -2.09. The zero-order valence-corrected chi connectivity index (χ0v) is 14.2. The minimum atomic E-state index is -4.63. The van der Waals surface area contributed by atoms with Crippen molar-refractivity contribution in [2.24, 2.45) is 0 Å². The van der Waals surface area contributed by atoms with Crippen LogP contribution in [0.25, 0.3) is 11.1 Å². The van der Waals surface area contributed by atoms with E-state index < -0.39 is 23.5 Å².